The van der Waals surface area contributed by atoms with Crippen LogP contribution in [0.4, 0.5) is 0 Å². The summed E-state index contributed by atoms with van der Waals surface area (Å²) in [5.41, 5.74) is -0.0539. The molecular weight excluding hydrogens is 424 g/mol. The van der Waals surface area contributed by atoms with Crippen LogP contribution in [0.3, 0.4) is 0 Å². The van der Waals surface area contributed by atoms with Gasteiger partial charge in [-0.3, -0.25) is 14.8 Å². The molecule has 0 amide bonds. The van der Waals surface area contributed by atoms with Crippen LogP contribution in [0, 0.1) is 0 Å². The molecule has 0 radical (unpaired) electrons. The van der Waals surface area contributed by atoms with Crippen LogP contribution in [-0.4, -0.2) is 67.3 Å². The summed E-state index contributed by atoms with van der Waals surface area (Å²) in [6.45, 7) is 3.63. The highest BCUT2D eigenvalue weighted by Gasteiger charge is 2.66. The predicted molar refractivity (Wildman–Crippen MR) is 97.9 cm³/mol. The van der Waals surface area contributed by atoms with Crippen LogP contribution < -0.4 is 10.2 Å². The van der Waals surface area contributed by atoms with Crippen molar-refractivity contribution in [3.8, 4) is 5.75 Å². The molecule has 1 saturated heterocycles. The van der Waals surface area contributed by atoms with Gasteiger partial charge in [-0.1, -0.05) is 5.23 Å². The fourth-order valence-electron chi connectivity index (χ4n) is 3.58. The van der Waals surface area contributed by atoms with Gasteiger partial charge in [0.15, 0.2) is 5.75 Å². The number of methoxy groups -OCH3 is 2. The van der Waals surface area contributed by atoms with Crippen molar-refractivity contribution in [2.45, 2.75) is 37.7 Å². The first-order chi connectivity index (χ1) is 13.0. The minimum atomic E-state index is -0.574. The van der Waals surface area contributed by atoms with Crippen molar-refractivity contribution in [2.24, 2.45) is 0 Å². The molecule has 0 bridgehead atoms. The Morgan fingerprint density at radius 2 is 2.22 bits per heavy atom. The van der Waals surface area contributed by atoms with Crippen LogP contribution in [0.15, 0.2) is 15.5 Å². The number of hydrogen-bond donors (Lipinski definition) is 1. The van der Waals surface area contributed by atoms with Gasteiger partial charge in [-0.2, -0.15) is 0 Å². The topological polar surface area (TPSA) is 94.9 Å². The smallest absolute Gasteiger partial charge is 0.237 e. The number of fused-ring (bicyclic) bond motifs is 3. The number of hydrogen-bond acceptors (Lipinski definition) is 8. The molecule has 1 aromatic rings. The lowest BCUT2D eigenvalue weighted by Gasteiger charge is -2.32. The summed E-state index contributed by atoms with van der Waals surface area (Å²) in [4.78, 5) is 17.4. The van der Waals surface area contributed by atoms with E-state index in [1.54, 1.807) is 20.2 Å². The number of pyridine rings is 1. The third-order valence-electron chi connectivity index (χ3n) is 4.89. The number of halogens is 1. The first-order valence-corrected chi connectivity index (χ1v) is 9.62. The molecule has 0 spiro atoms. The quantitative estimate of drug-likeness (QED) is 0.425. The molecule has 3 heterocycles. The minimum Gasteiger partial charge on any atom is -0.491 e. The largest absolute Gasteiger partial charge is 0.491 e. The molecule has 3 atom stereocenters. The molecule has 2 aliphatic rings. The summed E-state index contributed by atoms with van der Waals surface area (Å²) < 4.78 is 25.1. The lowest BCUT2D eigenvalue weighted by atomic mass is 9.89. The molecule has 9 nitrogen and oxygen atoms in total. The first kappa shape index (κ1) is 20.7. The third kappa shape index (κ3) is 3.93. The van der Waals surface area contributed by atoms with E-state index < -0.39 is 5.60 Å². The van der Waals surface area contributed by atoms with Crippen molar-refractivity contribution in [1.29, 1.82) is 0 Å². The zero-order chi connectivity index (χ0) is 19.6. The zero-order valence-electron chi connectivity index (χ0n) is 15.6. The maximum Gasteiger partial charge on any atom is 0.237 e. The van der Waals surface area contributed by atoms with E-state index >= 15 is 0 Å². The number of nitrogens with zero attached hydrogens (tertiary/aromatic N) is 2. The summed E-state index contributed by atoms with van der Waals surface area (Å²) >= 11 is 3.29. The van der Waals surface area contributed by atoms with Crippen molar-refractivity contribution >= 4 is 15.9 Å². The average Bonchev–Trinajstić information content (AvgIpc) is 3.38. The number of hydroxylamine groups is 2. The molecule has 1 fully saturated rings. The number of epoxide rings is 1. The summed E-state index contributed by atoms with van der Waals surface area (Å²) in [5.74, 6) is 0.282. The van der Waals surface area contributed by atoms with Crippen LogP contribution in [0.5, 0.6) is 5.75 Å². The van der Waals surface area contributed by atoms with Crippen LogP contribution >= 0.6 is 15.9 Å². The van der Waals surface area contributed by atoms with E-state index in [1.165, 1.54) is 7.11 Å². The lowest BCUT2D eigenvalue weighted by Crippen LogP contribution is -2.43. The Kier molecular flexibility index (Phi) is 6.57. The molecule has 1 aromatic heterocycles. The normalized spacial score (nSPS) is 26.0. The van der Waals surface area contributed by atoms with Crippen molar-refractivity contribution in [2.75, 3.05) is 40.6 Å². The monoisotopic (exact) mass is 448 g/mol. The molecule has 3 rings (SSSR count). The molecule has 1 N–H and O–H groups in total. The summed E-state index contributed by atoms with van der Waals surface area (Å²) in [5, 5.41) is 10.3. The maximum atomic E-state index is 12.4. The molecule has 0 saturated carbocycles. The van der Waals surface area contributed by atoms with Gasteiger partial charge in [-0.05, 0) is 22.9 Å². The molecule has 2 aliphatic heterocycles. The van der Waals surface area contributed by atoms with Gasteiger partial charge in [0.2, 0.25) is 5.43 Å². The van der Waals surface area contributed by atoms with Gasteiger partial charge in [-0.25, -0.2) is 0 Å². The zero-order valence-corrected chi connectivity index (χ0v) is 17.2. The fourth-order valence-corrected chi connectivity index (χ4v) is 4.01. The minimum absolute atomic E-state index is 0.202. The Morgan fingerprint density at radius 1 is 1.44 bits per heavy atom. The van der Waals surface area contributed by atoms with Crippen molar-refractivity contribution in [3.63, 3.8) is 0 Å². The Hall–Kier alpha value is -1.01. The molecule has 152 valence electrons. The van der Waals surface area contributed by atoms with E-state index in [9.17, 15) is 10.0 Å². The summed E-state index contributed by atoms with van der Waals surface area (Å²) in [6, 6.07) is 0. The molecule has 0 aromatic carbocycles. The first-order valence-electron chi connectivity index (χ1n) is 8.83. The Morgan fingerprint density at radius 3 is 2.89 bits per heavy atom. The second kappa shape index (κ2) is 8.56. The van der Waals surface area contributed by atoms with E-state index in [2.05, 4.69) is 15.9 Å². The second-order valence-corrected chi connectivity index (χ2v) is 7.28. The van der Waals surface area contributed by atoms with Crippen LogP contribution in [0.2, 0.25) is 0 Å². The highest BCUT2D eigenvalue weighted by Crippen LogP contribution is 2.59. The summed E-state index contributed by atoms with van der Waals surface area (Å²) in [7, 11) is 3.12. The van der Waals surface area contributed by atoms with Gasteiger partial charge < -0.3 is 23.5 Å². The standard InChI is InChI=1S/C17H25BrN2O7/c1-4-26-20(22)6-8-25-12-10-19-9-11(18)14(21)15(24-3)13(19)16-17(12,27-16)5-7-23-2/h9,12,16,22H,4-8,10H2,1-3H3. The van der Waals surface area contributed by atoms with Gasteiger partial charge in [0.1, 0.15) is 17.8 Å². The van der Waals surface area contributed by atoms with E-state index in [-0.39, 0.29) is 36.5 Å². The van der Waals surface area contributed by atoms with E-state index in [0.717, 1.165) is 10.9 Å². The van der Waals surface area contributed by atoms with Gasteiger partial charge >= 0.3 is 0 Å². The Bertz CT molecular complexity index is 728. The molecular formula is C17H25BrN2O7. The van der Waals surface area contributed by atoms with E-state index in [4.69, 9.17) is 23.8 Å². The molecule has 0 aliphatic carbocycles. The Labute approximate surface area is 165 Å². The van der Waals surface area contributed by atoms with Crippen molar-refractivity contribution < 1.29 is 29.0 Å². The predicted octanol–water partition coefficient (Wildman–Crippen LogP) is 1.51. The molecule has 3 unspecified atom stereocenters. The third-order valence-corrected chi connectivity index (χ3v) is 5.46. The average molecular weight is 449 g/mol. The second-order valence-electron chi connectivity index (χ2n) is 6.43. The SMILES string of the molecule is CCON(O)CCOC1Cn2cc(Br)c(=O)c(OC)c2C2OC12CCOC. The van der Waals surface area contributed by atoms with Crippen LogP contribution in [0.1, 0.15) is 25.1 Å². The van der Waals surface area contributed by atoms with Gasteiger partial charge in [0, 0.05) is 26.3 Å². The maximum absolute atomic E-state index is 12.4. The molecule has 27 heavy (non-hydrogen) atoms. The summed E-state index contributed by atoms with van der Waals surface area (Å²) in [6.07, 6.45) is 1.79. The van der Waals surface area contributed by atoms with Gasteiger partial charge in [0.25, 0.3) is 0 Å². The van der Waals surface area contributed by atoms with Gasteiger partial charge in [-0.15, -0.1) is 0 Å². The van der Waals surface area contributed by atoms with Crippen molar-refractivity contribution in [3.05, 3.63) is 26.6 Å². The van der Waals surface area contributed by atoms with Crippen LogP contribution in [-0.2, 0) is 25.6 Å². The van der Waals surface area contributed by atoms with Gasteiger partial charge in [0.05, 0.1) is 43.6 Å². The van der Waals surface area contributed by atoms with Crippen molar-refractivity contribution in [1.82, 2.24) is 9.79 Å². The highest BCUT2D eigenvalue weighted by molar-refractivity contribution is 9.10. The van der Waals surface area contributed by atoms with E-state index in [0.29, 0.717) is 30.7 Å². The fraction of sp³-hybridized carbons (Fsp3) is 0.706. The Balaban J connectivity index is 1.83. The van der Waals surface area contributed by atoms with Crippen LogP contribution in [0.25, 0.3) is 0 Å². The molecule has 10 heteroatoms. The lowest BCUT2D eigenvalue weighted by molar-refractivity contribution is -0.341. The van der Waals surface area contributed by atoms with E-state index in [1.807, 2.05) is 4.57 Å². The number of aromatic nitrogens is 1. The number of rotatable bonds is 10. The number of ether oxygens (including phenoxy) is 4. The highest BCUT2D eigenvalue weighted by atomic mass is 79.9.